The largest absolute Gasteiger partial charge is 0.448 e. The molecule has 4 atom stereocenters. The summed E-state index contributed by atoms with van der Waals surface area (Å²) < 4.78 is 20.5. The highest BCUT2D eigenvalue weighted by atomic mass is 35.5. The Bertz CT molecular complexity index is 2000. The summed E-state index contributed by atoms with van der Waals surface area (Å²) in [6.45, 7) is 0.935. The summed E-state index contributed by atoms with van der Waals surface area (Å²) in [6.07, 6.45) is 8.22. The Morgan fingerprint density at radius 3 is 2.45 bits per heavy atom. The molecule has 3 N–H and O–H groups in total. The second kappa shape index (κ2) is 17.5. The first-order valence-electron chi connectivity index (χ1n) is 18.1. The van der Waals surface area contributed by atoms with E-state index in [1.54, 1.807) is 43.1 Å². The van der Waals surface area contributed by atoms with Gasteiger partial charge in [0.05, 0.1) is 30.8 Å². The van der Waals surface area contributed by atoms with Gasteiger partial charge in [-0.25, -0.2) is 14.8 Å². The van der Waals surface area contributed by atoms with E-state index in [2.05, 4.69) is 25.6 Å². The molecular weight excluding hydrogens is 745 g/mol. The number of nitrogens with one attached hydrogen (secondary N) is 3. The van der Waals surface area contributed by atoms with E-state index in [1.807, 2.05) is 65.2 Å². The number of hydrogen-bond donors (Lipinski definition) is 3. The van der Waals surface area contributed by atoms with Crippen molar-refractivity contribution in [2.75, 3.05) is 26.3 Å². The van der Waals surface area contributed by atoms with E-state index in [1.165, 1.54) is 11.2 Å². The molecule has 13 nitrogen and oxygen atoms in total. The van der Waals surface area contributed by atoms with Crippen LogP contribution >= 0.6 is 23.2 Å². The van der Waals surface area contributed by atoms with Gasteiger partial charge in [0, 0.05) is 60.3 Å². The van der Waals surface area contributed by atoms with Crippen molar-refractivity contribution in [3.05, 3.63) is 143 Å². The minimum Gasteiger partial charge on any atom is -0.448 e. The van der Waals surface area contributed by atoms with E-state index < -0.39 is 41.9 Å². The molecule has 2 aliphatic heterocycles. The van der Waals surface area contributed by atoms with Crippen molar-refractivity contribution in [2.24, 2.45) is 0 Å². The van der Waals surface area contributed by atoms with Crippen LogP contribution in [0.4, 0.5) is 4.79 Å². The van der Waals surface area contributed by atoms with E-state index in [0.717, 1.165) is 11.1 Å². The highest BCUT2D eigenvalue weighted by Crippen LogP contribution is 2.40. The number of carbonyl (C=O) groups is 3. The second-order valence-electron chi connectivity index (χ2n) is 13.6. The van der Waals surface area contributed by atoms with Gasteiger partial charge in [-0.05, 0) is 36.1 Å². The predicted molar refractivity (Wildman–Crippen MR) is 204 cm³/mol. The van der Waals surface area contributed by atoms with Gasteiger partial charge in [0.1, 0.15) is 24.8 Å². The zero-order valence-electron chi connectivity index (χ0n) is 29.9. The number of aromatic nitrogens is 4. The number of H-pyrrole nitrogens is 1. The highest BCUT2D eigenvalue weighted by Gasteiger charge is 2.45. The number of likely N-dealkylation sites (tertiary alicyclic amines) is 1. The lowest BCUT2D eigenvalue weighted by Crippen LogP contribution is -2.54. The number of aromatic amines is 1. The van der Waals surface area contributed by atoms with Gasteiger partial charge in [-0.15, -0.1) is 0 Å². The molecule has 2 fully saturated rings. The van der Waals surface area contributed by atoms with E-state index in [0.29, 0.717) is 40.7 Å². The Kier molecular flexibility index (Phi) is 12.1. The number of amides is 3. The molecule has 0 saturated carbocycles. The Hall–Kier alpha value is -5.21. The molecule has 2 aromatic heterocycles. The van der Waals surface area contributed by atoms with Gasteiger partial charge in [-0.2, -0.15) is 0 Å². The molecule has 3 amide bonds. The van der Waals surface area contributed by atoms with Crippen molar-refractivity contribution < 1.29 is 28.6 Å². The molecule has 0 bridgehead atoms. The average Bonchev–Trinajstić information content (AvgIpc) is 4.04. The lowest BCUT2D eigenvalue weighted by Gasteiger charge is -2.30. The first-order valence-corrected chi connectivity index (χ1v) is 18.9. The molecule has 0 radical (unpaired) electrons. The molecule has 0 spiro atoms. The lowest BCUT2D eigenvalue weighted by molar-refractivity contribution is -0.186. The number of nitrogens with zero attached hydrogens (tertiary/aromatic N) is 4. The molecular formula is C40H41Cl2N7O6. The molecule has 4 unspecified atom stereocenters. The van der Waals surface area contributed by atoms with Gasteiger partial charge in [0.2, 0.25) is 17.6 Å². The fourth-order valence-corrected chi connectivity index (χ4v) is 7.63. The van der Waals surface area contributed by atoms with E-state index >= 15 is 0 Å². The number of hydrogen-bond acceptors (Lipinski definition) is 8. The third kappa shape index (κ3) is 9.19. The van der Waals surface area contributed by atoms with Gasteiger partial charge in [0.15, 0.2) is 0 Å². The molecule has 2 saturated heterocycles. The molecule has 55 heavy (non-hydrogen) atoms. The van der Waals surface area contributed by atoms with Crippen LogP contribution in [0.15, 0.2) is 110 Å². The van der Waals surface area contributed by atoms with Crippen LogP contribution in [0.1, 0.15) is 41.1 Å². The Balaban J connectivity index is 0.999. The maximum atomic E-state index is 13.9. The molecule has 0 aliphatic carbocycles. The van der Waals surface area contributed by atoms with Gasteiger partial charge < -0.3 is 34.4 Å². The monoisotopic (exact) mass is 785 g/mol. The Morgan fingerprint density at radius 1 is 1.02 bits per heavy atom. The minimum absolute atomic E-state index is 0.0803. The van der Waals surface area contributed by atoms with E-state index in [-0.39, 0.29) is 38.6 Å². The highest BCUT2D eigenvalue weighted by molar-refractivity contribution is 6.35. The molecule has 2 aliphatic rings. The van der Waals surface area contributed by atoms with Crippen LogP contribution in [0.2, 0.25) is 10.0 Å². The summed E-state index contributed by atoms with van der Waals surface area (Å²) in [6, 6.07) is 23.0. The molecule has 5 aromatic rings. The lowest BCUT2D eigenvalue weighted by atomic mass is 9.92. The topological polar surface area (TPSA) is 153 Å². The second-order valence-corrected chi connectivity index (χ2v) is 14.4. The van der Waals surface area contributed by atoms with Crippen LogP contribution in [0, 0.1) is 0 Å². The van der Waals surface area contributed by atoms with Crippen LogP contribution in [0.3, 0.4) is 0 Å². The van der Waals surface area contributed by atoms with Gasteiger partial charge >= 0.3 is 6.09 Å². The quantitative estimate of drug-likeness (QED) is 0.134. The SMILES string of the molecule is O=C(NCC1COC(Cn2ccnc2)(c2ccc(Cl)cc2Cl)O1)C(Cc1cnc[nH]1)NC(=O)C1CCCN1C(=O)OCC(c1ccccc1)c1ccccc1. The summed E-state index contributed by atoms with van der Waals surface area (Å²) in [5.41, 5.74) is 3.25. The number of halogens is 2. The Morgan fingerprint density at radius 2 is 1.78 bits per heavy atom. The van der Waals surface area contributed by atoms with Crippen molar-refractivity contribution in [1.29, 1.82) is 0 Å². The van der Waals surface area contributed by atoms with Crippen LogP contribution < -0.4 is 10.6 Å². The average molecular weight is 787 g/mol. The van der Waals surface area contributed by atoms with Crippen LogP contribution in [0.5, 0.6) is 0 Å². The number of rotatable bonds is 14. The van der Waals surface area contributed by atoms with Crippen LogP contribution in [-0.4, -0.2) is 86.8 Å². The molecule has 4 heterocycles. The Labute approximate surface area is 328 Å². The number of ether oxygens (including phenoxy) is 3. The first kappa shape index (κ1) is 38.1. The fourth-order valence-electron chi connectivity index (χ4n) is 7.08. The van der Waals surface area contributed by atoms with Crippen molar-refractivity contribution >= 4 is 41.1 Å². The van der Waals surface area contributed by atoms with Gasteiger partial charge in [0.25, 0.3) is 0 Å². The van der Waals surface area contributed by atoms with Crippen LogP contribution in [0.25, 0.3) is 0 Å². The molecule has 15 heteroatoms. The maximum absolute atomic E-state index is 13.9. The standard InChI is InChI=1S/C40H41Cl2N7O6/c41-29-13-14-33(34(42)18-29)40(24-48-17-15-43-26-48)54-22-31(55-40)21-45-37(50)35(19-30-20-44-25-46-30)47-38(51)36-12-7-16-49(36)39(52)53-23-32(27-8-3-1-4-9-27)28-10-5-2-6-11-28/h1-6,8-11,13-15,17-18,20,25-26,31-32,35-36H,7,12,16,19,21-24H2,(H,44,46)(H,45,50)(H,47,51). The third-order valence-electron chi connectivity index (χ3n) is 9.83. The van der Waals surface area contributed by atoms with Crippen molar-refractivity contribution in [2.45, 2.75) is 55.7 Å². The van der Waals surface area contributed by atoms with Crippen molar-refractivity contribution in [3.63, 3.8) is 0 Å². The molecule has 3 aromatic carbocycles. The summed E-state index contributed by atoms with van der Waals surface area (Å²) in [5.74, 6) is -2.35. The minimum atomic E-state index is -1.27. The van der Waals surface area contributed by atoms with Crippen molar-refractivity contribution in [3.8, 4) is 0 Å². The number of imidazole rings is 2. The van der Waals surface area contributed by atoms with Gasteiger partial charge in [-0.1, -0.05) is 89.9 Å². The zero-order chi connectivity index (χ0) is 38.2. The van der Waals surface area contributed by atoms with E-state index in [4.69, 9.17) is 37.4 Å². The number of benzene rings is 3. The summed E-state index contributed by atoms with van der Waals surface area (Å²) in [5, 5.41) is 6.67. The fraction of sp³-hybridized carbons (Fsp3) is 0.325. The first-order chi connectivity index (χ1) is 26.8. The summed E-state index contributed by atoms with van der Waals surface area (Å²) >= 11 is 12.8. The summed E-state index contributed by atoms with van der Waals surface area (Å²) in [7, 11) is 0. The molecule has 7 rings (SSSR count). The maximum Gasteiger partial charge on any atom is 0.410 e. The predicted octanol–water partition coefficient (Wildman–Crippen LogP) is 5.46. The van der Waals surface area contributed by atoms with E-state index in [9.17, 15) is 14.4 Å². The van der Waals surface area contributed by atoms with Crippen molar-refractivity contribution in [1.82, 2.24) is 35.1 Å². The third-order valence-corrected chi connectivity index (χ3v) is 10.4. The number of carbonyl (C=O) groups excluding carboxylic acids is 3. The van der Waals surface area contributed by atoms with Gasteiger partial charge in [-0.3, -0.25) is 14.5 Å². The summed E-state index contributed by atoms with van der Waals surface area (Å²) in [4.78, 5) is 53.8. The normalized spacial score (nSPS) is 20.0. The smallest absolute Gasteiger partial charge is 0.410 e. The molecule has 286 valence electrons. The van der Waals surface area contributed by atoms with Crippen LogP contribution in [-0.2, 0) is 42.6 Å². The zero-order valence-corrected chi connectivity index (χ0v) is 31.4.